The lowest BCUT2D eigenvalue weighted by Crippen LogP contribution is -2.54. The van der Waals surface area contributed by atoms with Gasteiger partial charge in [-0.25, -0.2) is 4.79 Å². The van der Waals surface area contributed by atoms with Gasteiger partial charge in [-0.05, 0) is 5.56 Å². The first-order valence-electron chi connectivity index (χ1n) is 9.97. The fraction of sp³-hybridized carbons (Fsp3) is 0.579. The zero-order valence-electron chi connectivity index (χ0n) is 17.1. The molecule has 10 heteroatoms. The highest BCUT2D eigenvalue weighted by Crippen LogP contribution is 2.12. The van der Waals surface area contributed by atoms with Crippen LogP contribution in [0.2, 0.25) is 0 Å². The van der Waals surface area contributed by atoms with Crippen molar-refractivity contribution in [2.24, 2.45) is 0 Å². The molecule has 1 aromatic carbocycles. The van der Waals surface area contributed by atoms with Crippen LogP contribution in [-0.2, 0) is 21.5 Å². The summed E-state index contributed by atoms with van der Waals surface area (Å²) in [5.41, 5.74) is 0.997. The highest BCUT2D eigenvalue weighted by molar-refractivity contribution is 7.86. The fourth-order valence-corrected chi connectivity index (χ4v) is 4.77. The number of nitrogens with one attached hydrogen (secondary N) is 2. The van der Waals surface area contributed by atoms with E-state index in [1.807, 2.05) is 44.2 Å². The van der Waals surface area contributed by atoms with Gasteiger partial charge in [0.25, 0.3) is 10.2 Å². The molecule has 0 aromatic heterocycles. The maximum atomic E-state index is 12.5. The molecule has 1 aliphatic rings. The summed E-state index contributed by atoms with van der Waals surface area (Å²) in [6, 6.07) is 9.24. The van der Waals surface area contributed by atoms with E-state index in [-0.39, 0.29) is 38.0 Å². The first kappa shape index (κ1) is 23.1. The molecule has 0 atom stereocenters. The van der Waals surface area contributed by atoms with Crippen molar-refractivity contribution in [2.75, 3.05) is 45.8 Å². The summed E-state index contributed by atoms with van der Waals surface area (Å²) in [5.74, 6) is -0.0896. The predicted octanol–water partition coefficient (Wildman–Crippen LogP) is 0.607. The van der Waals surface area contributed by atoms with Crippen molar-refractivity contribution in [2.45, 2.75) is 26.8 Å². The highest BCUT2D eigenvalue weighted by Gasteiger charge is 2.31. The van der Waals surface area contributed by atoms with E-state index in [1.54, 1.807) is 4.90 Å². The minimum Gasteiger partial charge on any atom is -0.340 e. The van der Waals surface area contributed by atoms with Crippen LogP contribution in [0.1, 0.15) is 25.8 Å². The van der Waals surface area contributed by atoms with Crippen LogP contribution in [0, 0.1) is 0 Å². The van der Waals surface area contributed by atoms with Gasteiger partial charge in [0, 0.05) is 58.8 Å². The van der Waals surface area contributed by atoms with Crippen molar-refractivity contribution in [3.05, 3.63) is 35.9 Å². The number of hydrogen-bond donors (Lipinski definition) is 2. The third kappa shape index (κ3) is 6.69. The number of carbonyl (C=O) groups is 2. The molecule has 1 fully saturated rings. The van der Waals surface area contributed by atoms with Crippen LogP contribution in [0.4, 0.5) is 4.79 Å². The fourth-order valence-electron chi connectivity index (χ4n) is 3.16. The monoisotopic (exact) mass is 425 g/mol. The van der Waals surface area contributed by atoms with Crippen molar-refractivity contribution in [1.29, 1.82) is 0 Å². The van der Waals surface area contributed by atoms with E-state index < -0.39 is 10.2 Å². The zero-order valence-corrected chi connectivity index (χ0v) is 18.0. The second-order valence-corrected chi connectivity index (χ2v) is 8.65. The average Bonchev–Trinajstić information content (AvgIpc) is 2.73. The Bertz CT molecular complexity index is 760. The van der Waals surface area contributed by atoms with Gasteiger partial charge < -0.3 is 15.5 Å². The molecule has 1 saturated heterocycles. The molecule has 0 saturated carbocycles. The summed E-state index contributed by atoms with van der Waals surface area (Å²) in [6.45, 7) is 6.42. The third-order valence-corrected chi connectivity index (χ3v) is 7.06. The Kier molecular flexibility index (Phi) is 8.87. The van der Waals surface area contributed by atoms with Crippen molar-refractivity contribution in [3.63, 3.8) is 0 Å². The maximum absolute atomic E-state index is 12.5. The standard InChI is InChI=1S/C19H31N5O4S/c1-3-23(4-2)29(27,28)24-14-12-22(13-15-24)18(25)10-11-20-19(26)21-16-17-8-6-5-7-9-17/h5-9H,3-4,10-16H2,1-2H3,(H2,20,21,26). The van der Waals surface area contributed by atoms with Gasteiger partial charge in [-0.1, -0.05) is 44.2 Å². The van der Waals surface area contributed by atoms with Gasteiger partial charge in [-0.2, -0.15) is 17.0 Å². The molecule has 0 aliphatic carbocycles. The molecule has 0 radical (unpaired) electrons. The van der Waals surface area contributed by atoms with E-state index in [0.29, 0.717) is 32.7 Å². The summed E-state index contributed by atoms with van der Waals surface area (Å²) in [5, 5.41) is 5.42. The summed E-state index contributed by atoms with van der Waals surface area (Å²) in [4.78, 5) is 25.8. The van der Waals surface area contributed by atoms with E-state index in [9.17, 15) is 18.0 Å². The number of rotatable bonds is 9. The van der Waals surface area contributed by atoms with E-state index in [2.05, 4.69) is 10.6 Å². The molecule has 1 aromatic rings. The second-order valence-electron chi connectivity index (χ2n) is 6.72. The van der Waals surface area contributed by atoms with Gasteiger partial charge in [-0.3, -0.25) is 4.79 Å². The van der Waals surface area contributed by atoms with Crippen LogP contribution in [0.25, 0.3) is 0 Å². The molecule has 1 heterocycles. The second kappa shape index (κ2) is 11.1. The lowest BCUT2D eigenvalue weighted by molar-refractivity contribution is -0.132. The molecule has 2 rings (SSSR count). The van der Waals surface area contributed by atoms with Crippen LogP contribution in [0.15, 0.2) is 30.3 Å². The molecule has 0 unspecified atom stereocenters. The lowest BCUT2D eigenvalue weighted by Gasteiger charge is -2.36. The number of urea groups is 1. The first-order chi connectivity index (χ1) is 13.9. The van der Waals surface area contributed by atoms with Crippen molar-refractivity contribution < 1.29 is 18.0 Å². The van der Waals surface area contributed by atoms with Crippen LogP contribution in [0.3, 0.4) is 0 Å². The van der Waals surface area contributed by atoms with E-state index in [0.717, 1.165) is 5.56 Å². The lowest BCUT2D eigenvalue weighted by atomic mass is 10.2. The zero-order chi connectivity index (χ0) is 21.3. The molecule has 29 heavy (non-hydrogen) atoms. The Hall–Kier alpha value is -2.17. The van der Waals surface area contributed by atoms with E-state index in [4.69, 9.17) is 0 Å². The van der Waals surface area contributed by atoms with Gasteiger partial charge in [0.2, 0.25) is 5.91 Å². The van der Waals surface area contributed by atoms with Gasteiger partial charge in [0.15, 0.2) is 0 Å². The van der Waals surface area contributed by atoms with Crippen LogP contribution in [-0.4, -0.2) is 79.7 Å². The van der Waals surface area contributed by atoms with Crippen LogP contribution in [0.5, 0.6) is 0 Å². The molecule has 2 N–H and O–H groups in total. The van der Waals surface area contributed by atoms with E-state index >= 15 is 0 Å². The summed E-state index contributed by atoms with van der Waals surface area (Å²) >= 11 is 0. The van der Waals surface area contributed by atoms with Crippen molar-refractivity contribution >= 4 is 22.1 Å². The largest absolute Gasteiger partial charge is 0.340 e. The smallest absolute Gasteiger partial charge is 0.315 e. The van der Waals surface area contributed by atoms with Crippen LogP contribution >= 0.6 is 0 Å². The minimum atomic E-state index is -3.47. The third-order valence-electron chi connectivity index (χ3n) is 4.87. The number of amides is 3. The molecule has 0 spiro atoms. The van der Waals surface area contributed by atoms with Gasteiger partial charge in [-0.15, -0.1) is 0 Å². The Morgan fingerprint density at radius 3 is 2.21 bits per heavy atom. The Morgan fingerprint density at radius 2 is 1.62 bits per heavy atom. The normalized spacial score (nSPS) is 15.3. The molecule has 3 amide bonds. The van der Waals surface area contributed by atoms with Crippen molar-refractivity contribution in [3.8, 4) is 0 Å². The Morgan fingerprint density at radius 1 is 1.00 bits per heavy atom. The number of hydrogen-bond acceptors (Lipinski definition) is 4. The SMILES string of the molecule is CCN(CC)S(=O)(=O)N1CCN(C(=O)CCNC(=O)NCc2ccccc2)CC1. The maximum Gasteiger partial charge on any atom is 0.315 e. The average molecular weight is 426 g/mol. The predicted molar refractivity (Wildman–Crippen MR) is 111 cm³/mol. The van der Waals surface area contributed by atoms with Gasteiger partial charge in [0.1, 0.15) is 0 Å². The number of nitrogens with zero attached hydrogens (tertiary/aromatic N) is 3. The quantitative estimate of drug-likeness (QED) is 0.605. The first-order valence-corrected chi connectivity index (χ1v) is 11.4. The molecule has 162 valence electrons. The molecule has 1 aliphatic heterocycles. The van der Waals surface area contributed by atoms with Gasteiger partial charge in [0.05, 0.1) is 0 Å². The summed E-state index contributed by atoms with van der Waals surface area (Å²) < 4.78 is 27.9. The van der Waals surface area contributed by atoms with Gasteiger partial charge >= 0.3 is 6.03 Å². The number of benzene rings is 1. The Labute approximate surface area is 173 Å². The molecule has 9 nitrogen and oxygen atoms in total. The topological polar surface area (TPSA) is 102 Å². The Balaban J connectivity index is 1.68. The number of carbonyl (C=O) groups excluding carboxylic acids is 2. The molecular weight excluding hydrogens is 394 g/mol. The molecular formula is C19H31N5O4S. The van der Waals surface area contributed by atoms with E-state index in [1.165, 1.54) is 8.61 Å². The summed E-state index contributed by atoms with van der Waals surface area (Å²) in [7, 11) is -3.47. The molecule has 0 bridgehead atoms. The van der Waals surface area contributed by atoms with Crippen LogP contribution < -0.4 is 10.6 Å². The highest BCUT2D eigenvalue weighted by atomic mass is 32.2. The summed E-state index contributed by atoms with van der Waals surface area (Å²) in [6.07, 6.45) is 0.182. The van der Waals surface area contributed by atoms with Crippen molar-refractivity contribution in [1.82, 2.24) is 24.1 Å². The number of piperazine rings is 1. The minimum absolute atomic E-state index is 0.0896.